The number of aryl methyl sites for hydroxylation is 1. The average Bonchev–Trinajstić information content (AvgIpc) is 3.06. The van der Waals surface area contributed by atoms with E-state index in [9.17, 15) is 9.59 Å². The van der Waals surface area contributed by atoms with Gasteiger partial charge in [-0.3, -0.25) is 9.59 Å². The molecule has 1 atom stereocenters. The van der Waals surface area contributed by atoms with E-state index in [-0.39, 0.29) is 17.5 Å². The second-order valence-corrected chi connectivity index (χ2v) is 7.63. The highest BCUT2D eigenvalue weighted by Gasteiger charge is 2.32. The molecule has 0 spiro atoms. The van der Waals surface area contributed by atoms with Gasteiger partial charge in [0.25, 0.3) is 0 Å². The van der Waals surface area contributed by atoms with Crippen LogP contribution in [0.15, 0.2) is 52.7 Å². The fourth-order valence-corrected chi connectivity index (χ4v) is 3.68. The summed E-state index contributed by atoms with van der Waals surface area (Å²) in [7, 11) is 1.56. The zero-order chi connectivity index (χ0) is 21.5. The minimum absolute atomic E-state index is 0.257. The number of hydrogen-bond donors (Lipinski definition) is 2. The van der Waals surface area contributed by atoms with E-state index in [0.29, 0.717) is 23.7 Å². The maximum absolute atomic E-state index is 11.8. The number of benzene rings is 2. The Morgan fingerprint density at radius 3 is 2.80 bits per heavy atom. The van der Waals surface area contributed by atoms with Crippen LogP contribution in [0.4, 0.5) is 0 Å². The standard InChI is InChI=1S/C21H21N3O5S/c1-13-6-3-4-7-15(13)12-29-19-14(8-5-9-16(19)28-2)11-22-24-21-23-20(27)17(30-21)10-18(25)26/h3-9,11,17H,10,12H2,1-2H3,(H,25,26)(H,23,24,27). The van der Waals surface area contributed by atoms with Crippen LogP contribution in [0.2, 0.25) is 0 Å². The van der Waals surface area contributed by atoms with Crippen molar-refractivity contribution in [3.63, 3.8) is 0 Å². The Balaban J connectivity index is 1.75. The Morgan fingerprint density at radius 2 is 2.07 bits per heavy atom. The van der Waals surface area contributed by atoms with E-state index in [2.05, 4.69) is 15.5 Å². The van der Waals surface area contributed by atoms with Gasteiger partial charge in [-0.2, -0.15) is 5.10 Å². The third kappa shape index (κ3) is 5.38. The molecule has 2 aromatic carbocycles. The molecule has 3 rings (SSSR count). The fourth-order valence-electron chi connectivity index (χ4n) is 2.76. The second kappa shape index (κ2) is 9.93. The summed E-state index contributed by atoms with van der Waals surface area (Å²) in [6.07, 6.45) is 1.23. The molecule has 1 aliphatic heterocycles. The van der Waals surface area contributed by atoms with Crippen LogP contribution >= 0.6 is 11.8 Å². The molecule has 156 valence electrons. The van der Waals surface area contributed by atoms with Crippen molar-refractivity contribution in [2.75, 3.05) is 7.11 Å². The Bertz CT molecular complexity index is 1010. The van der Waals surface area contributed by atoms with Crippen molar-refractivity contribution in [1.82, 2.24) is 5.32 Å². The van der Waals surface area contributed by atoms with Crippen molar-refractivity contribution in [3.8, 4) is 11.5 Å². The lowest BCUT2D eigenvalue weighted by molar-refractivity contribution is -0.138. The molecule has 1 heterocycles. The van der Waals surface area contributed by atoms with Crippen LogP contribution in [0.5, 0.6) is 11.5 Å². The minimum atomic E-state index is -1.04. The SMILES string of the molecule is COc1cccc(C=NN=C2NC(=O)C(CC(=O)O)S2)c1OCc1ccccc1C. The highest BCUT2D eigenvalue weighted by atomic mass is 32.2. The molecule has 1 aliphatic rings. The first-order chi connectivity index (χ1) is 14.5. The zero-order valence-electron chi connectivity index (χ0n) is 16.5. The first kappa shape index (κ1) is 21.4. The number of methoxy groups -OCH3 is 1. The molecule has 30 heavy (non-hydrogen) atoms. The van der Waals surface area contributed by atoms with E-state index in [1.165, 1.54) is 6.21 Å². The lowest BCUT2D eigenvalue weighted by atomic mass is 10.1. The summed E-state index contributed by atoms with van der Waals surface area (Å²) < 4.78 is 11.4. The van der Waals surface area contributed by atoms with Gasteiger partial charge >= 0.3 is 5.97 Å². The molecule has 1 unspecified atom stereocenters. The summed E-state index contributed by atoms with van der Waals surface area (Å²) in [4.78, 5) is 22.6. The van der Waals surface area contributed by atoms with Gasteiger partial charge in [0.15, 0.2) is 16.7 Å². The summed E-state index contributed by atoms with van der Waals surface area (Å²) in [5.41, 5.74) is 2.84. The van der Waals surface area contributed by atoms with Gasteiger partial charge in [-0.1, -0.05) is 42.1 Å². The van der Waals surface area contributed by atoms with Crippen LogP contribution in [0.25, 0.3) is 0 Å². The quantitative estimate of drug-likeness (QED) is 0.495. The predicted molar refractivity (Wildman–Crippen MR) is 115 cm³/mol. The van der Waals surface area contributed by atoms with Crippen molar-refractivity contribution >= 4 is 35.0 Å². The van der Waals surface area contributed by atoms with E-state index in [1.54, 1.807) is 13.2 Å². The van der Waals surface area contributed by atoms with E-state index in [0.717, 1.165) is 22.9 Å². The monoisotopic (exact) mass is 427 g/mol. The highest BCUT2D eigenvalue weighted by molar-refractivity contribution is 8.15. The number of para-hydroxylation sites is 1. The molecule has 0 bridgehead atoms. The number of amidine groups is 1. The Kier molecular flexibility index (Phi) is 7.08. The van der Waals surface area contributed by atoms with Crippen LogP contribution in [-0.4, -0.2) is 40.7 Å². The molecule has 0 aliphatic carbocycles. The largest absolute Gasteiger partial charge is 0.493 e. The average molecular weight is 427 g/mol. The number of aliphatic carboxylic acids is 1. The summed E-state index contributed by atoms with van der Waals surface area (Å²) in [6, 6.07) is 13.4. The van der Waals surface area contributed by atoms with Crippen molar-refractivity contribution in [2.24, 2.45) is 10.2 Å². The third-order valence-electron chi connectivity index (χ3n) is 4.34. The van der Waals surface area contributed by atoms with Crippen molar-refractivity contribution in [2.45, 2.75) is 25.2 Å². The zero-order valence-corrected chi connectivity index (χ0v) is 17.3. The molecule has 2 N–H and O–H groups in total. The number of nitrogens with zero attached hydrogens (tertiary/aromatic N) is 2. The van der Waals surface area contributed by atoms with Gasteiger partial charge in [-0.25, -0.2) is 0 Å². The summed E-state index contributed by atoms with van der Waals surface area (Å²) in [5, 5.41) is 18.9. The lowest BCUT2D eigenvalue weighted by Gasteiger charge is -2.14. The van der Waals surface area contributed by atoms with E-state index >= 15 is 0 Å². The topological polar surface area (TPSA) is 110 Å². The van der Waals surface area contributed by atoms with Crippen LogP contribution in [0.3, 0.4) is 0 Å². The van der Waals surface area contributed by atoms with E-state index in [4.69, 9.17) is 14.6 Å². The van der Waals surface area contributed by atoms with Gasteiger partial charge in [0.1, 0.15) is 11.9 Å². The van der Waals surface area contributed by atoms with Crippen molar-refractivity contribution in [1.29, 1.82) is 0 Å². The van der Waals surface area contributed by atoms with E-state index in [1.807, 2.05) is 43.3 Å². The number of amides is 1. The highest BCUT2D eigenvalue weighted by Crippen LogP contribution is 2.31. The summed E-state index contributed by atoms with van der Waals surface area (Å²) in [6.45, 7) is 2.38. The first-order valence-electron chi connectivity index (χ1n) is 9.12. The normalized spacial score (nSPS) is 17.3. The number of carbonyl (C=O) groups is 2. The molecule has 1 amide bonds. The fraction of sp³-hybridized carbons (Fsp3) is 0.238. The van der Waals surface area contributed by atoms with Crippen molar-refractivity contribution < 1.29 is 24.2 Å². The number of carboxylic acid groups (broad SMARTS) is 1. The van der Waals surface area contributed by atoms with Crippen molar-refractivity contribution in [3.05, 3.63) is 59.2 Å². The van der Waals surface area contributed by atoms with Crippen LogP contribution < -0.4 is 14.8 Å². The summed E-state index contributed by atoms with van der Waals surface area (Å²) in [5.74, 6) is -0.344. The molecule has 0 saturated carbocycles. The van der Waals surface area contributed by atoms with Gasteiger partial charge in [-0.05, 0) is 30.2 Å². The van der Waals surface area contributed by atoms with Gasteiger partial charge in [0, 0.05) is 5.56 Å². The minimum Gasteiger partial charge on any atom is -0.493 e. The number of rotatable bonds is 8. The van der Waals surface area contributed by atoms with Crippen LogP contribution in [0.1, 0.15) is 23.1 Å². The number of carboxylic acids is 1. The maximum Gasteiger partial charge on any atom is 0.305 e. The number of ether oxygens (including phenoxy) is 2. The number of thioether (sulfide) groups is 1. The molecule has 0 radical (unpaired) electrons. The maximum atomic E-state index is 11.8. The Morgan fingerprint density at radius 1 is 1.27 bits per heavy atom. The van der Waals surface area contributed by atoms with Gasteiger partial charge in [-0.15, -0.1) is 5.10 Å². The molecule has 1 saturated heterocycles. The molecular weight excluding hydrogens is 406 g/mol. The number of hydrogen-bond acceptors (Lipinski definition) is 7. The molecular formula is C21H21N3O5S. The van der Waals surface area contributed by atoms with E-state index < -0.39 is 11.2 Å². The molecule has 0 aromatic heterocycles. The first-order valence-corrected chi connectivity index (χ1v) is 10.0. The van der Waals surface area contributed by atoms with Gasteiger partial charge in [0.05, 0.1) is 19.7 Å². The second-order valence-electron chi connectivity index (χ2n) is 6.44. The Hall–Kier alpha value is -3.33. The predicted octanol–water partition coefficient (Wildman–Crippen LogP) is 2.98. The number of nitrogens with one attached hydrogen (secondary N) is 1. The van der Waals surface area contributed by atoms with Crippen LogP contribution in [-0.2, 0) is 16.2 Å². The molecule has 1 fully saturated rings. The molecule has 8 nitrogen and oxygen atoms in total. The Labute approximate surface area is 178 Å². The van der Waals surface area contributed by atoms with Gasteiger partial charge in [0.2, 0.25) is 5.91 Å². The summed E-state index contributed by atoms with van der Waals surface area (Å²) >= 11 is 1.04. The molecule has 2 aromatic rings. The number of carbonyl (C=O) groups excluding carboxylic acids is 1. The molecule has 9 heteroatoms. The third-order valence-corrected chi connectivity index (χ3v) is 5.42. The lowest BCUT2D eigenvalue weighted by Crippen LogP contribution is -2.26. The smallest absolute Gasteiger partial charge is 0.305 e. The van der Waals surface area contributed by atoms with Crippen LogP contribution in [0, 0.1) is 6.92 Å². The van der Waals surface area contributed by atoms with Gasteiger partial charge < -0.3 is 19.9 Å².